The van der Waals surface area contributed by atoms with Crippen molar-refractivity contribution in [3.63, 3.8) is 0 Å². The lowest BCUT2D eigenvalue weighted by molar-refractivity contribution is 0.666. The first-order valence-electron chi connectivity index (χ1n) is 20.8. The molecule has 0 N–H and O–H groups in total. The van der Waals surface area contributed by atoms with Crippen LogP contribution in [-0.2, 0) is 0 Å². The van der Waals surface area contributed by atoms with E-state index in [2.05, 4.69) is 180 Å². The van der Waals surface area contributed by atoms with Crippen LogP contribution in [-0.4, -0.2) is 19.5 Å². The molecule has 12 rings (SSSR count). The summed E-state index contributed by atoms with van der Waals surface area (Å²) in [6, 6.07) is 76.2. The fourth-order valence-electron chi connectivity index (χ4n) is 8.92. The summed E-state index contributed by atoms with van der Waals surface area (Å²) in [4.78, 5) is 15.7. The molecule has 0 amide bonds. The topological polar surface area (TPSA) is 56.7 Å². The van der Waals surface area contributed by atoms with Gasteiger partial charge in [-0.3, -0.25) is 0 Å². The number of hydrogen-bond acceptors (Lipinski definition) is 4. The normalized spacial score (nSPS) is 11.5. The van der Waals surface area contributed by atoms with Crippen LogP contribution in [0, 0.1) is 0 Å². The van der Waals surface area contributed by atoms with E-state index in [0.717, 1.165) is 77.6 Å². The Morgan fingerprint density at radius 2 is 0.839 bits per heavy atom. The van der Waals surface area contributed by atoms with Crippen molar-refractivity contribution in [3.05, 3.63) is 218 Å². The van der Waals surface area contributed by atoms with Crippen LogP contribution in [0.3, 0.4) is 0 Å². The van der Waals surface area contributed by atoms with Crippen LogP contribution >= 0.6 is 0 Å². The summed E-state index contributed by atoms with van der Waals surface area (Å²) in [6.07, 6.45) is 0. The number of aromatic nitrogens is 4. The van der Waals surface area contributed by atoms with Crippen LogP contribution in [0.1, 0.15) is 0 Å². The van der Waals surface area contributed by atoms with Gasteiger partial charge in [-0.05, 0) is 75.8 Å². The molecule has 0 aliphatic carbocycles. The van der Waals surface area contributed by atoms with Crippen molar-refractivity contribution < 1.29 is 4.42 Å². The Kier molecular flexibility index (Phi) is 8.42. The van der Waals surface area contributed by atoms with Gasteiger partial charge in [0.15, 0.2) is 23.1 Å². The smallest absolute Gasteiger partial charge is 0.164 e. The number of rotatable bonds is 7. The average molecular weight is 793 g/mol. The fraction of sp³-hybridized carbons (Fsp3) is 0. The van der Waals surface area contributed by atoms with E-state index in [9.17, 15) is 0 Å². The van der Waals surface area contributed by atoms with Gasteiger partial charge in [-0.15, -0.1) is 0 Å². The molecule has 0 radical (unpaired) electrons. The Balaban J connectivity index is 1.12. The van der Waals surface area contributed by atoms with Crippen molar-refractivity contribution in [2.45, 2.75) is 0 Å². The number of nitrogens with zero attached hydrogens (tertiary/aromatic N) is 4. The van der Waals surface area contributed by atoms with Gasteiger partial charge in [-0.2, -0.15) is 0 Å². The predicted octanol–water partition coefficient (Wildman–Crippen LogP) is 14.9. The molecule has 0 fully saturated rings. The summed E-state index contributed by atoms with van der Waals surface area (Å²) in [5.74, 6) is 1.77. The number of fused-ring (bicyclic) bond motifs is 6. The Labute approximate surface area is 357 Å². The minimum Gasteiger partial charge on any atom is -0.454 e. The van der Waals surface area contributed by atoms with Crippen LogP contribution in [0.5, 0.6) is 0 Å². The summed E-state index contributed by atoms with van der Waals surface area (Å²) in [6.45, 7) is 0. The highest BCUT2D eigenvalue weighted by molar-refractivity contribution is 6.17. The van der Waals surface area contributed by atoms with Crippen LogP contribution in [0.4, 0.5) is 0 Å². The maximum absolute atomic E-state index is 7.13. The highest BCUT2D eigenvalue weighted by atomic mass is 16.3. The molecule has 3 heterocycles. The molecule has 0 aliphatic rings. The Hall–Kier alpha value is -8.41. The largest absolute Gasteiger partial charge is 0.454 e. The highest BCUT2D eigenvalue weighted by Crippen LogP contribution is 2.44. The van der Waals surface area contributed by atoms with Crippen molar-refractivity contribution in [3.8, 4) is 73.2 Å². The molecule has 12 aromatic rings. The second-order valence-corrected chi connectivity index (χ2v) is 15.6. The molecule has 9 aromatic carbocycles. The van der Waals surface area contributed by atoms with E-state index in [4.69, 9.17) is 19.4 Å². The minimum atomic E-state index is 0.570. The van der Waals surface area contributed by atoms with E-state index in [-0.39, 0.29) is 0 Å². The van der Waals surface area contributed by atoms with Gasteiger partial charge in [0, 0.05) is 38.2 Å². The molecule has 0 unspecified atom stereocenters. The second-order valence-electron chi connectivity index (χ2n) is 15.6. The summed E-state index contributed by atoms with van der Waals surface area (Å²) < 4.78 is 9.47. The van der Waals surface area contributed by atoms with Crippen molar-refractivity contribution in [1.82, 2.24) is 19.5 Å². The Bertz CT molecular complexity index is 3610. The maximum atomic E-state index is 7.13. The molecule has 62 heavy (non-hydrogen) atoms. The summed E-state index contributed by atoms with van der Waals surface area (Å²) in [5, 5.41) is 4.30. The number of furan rings is 1. The van der Waals surface area contributed by atoms with Crippen LogP contribution in [0.15, 0.2) is 223 Å². The van der Waals surface area contributed by atoms with E-state index in [1.807, 2.05) is 42.5 Å². The van der Waals surface area contributed by atoms with Gasteiger partial charge in [-0.1, -0.05) is 176 Å². The van der Waals surface area contributed by atoms with Gasteiger partial charge < -0.3 is 8.98 Å². The molecule has 0 saturated carbocycles. The summed E-state index contributed by atoms with van der Waals surface area (Å²) in [7, 11) is 0. The molecule has 0 atom stereocenters. The zero-order chi connectivity index (χ0) is 41.0. The quantitative estimate of drug-likeness (QED) is 0.161. The fourth-order valence-corrected chi connectivity index (χ4v) is 8.92. The zero-order valence-electron chi connectivity index (χ0n) is 33.5. The predicted molar refractivity (Wildman–Crippen MR) is 254 cm³/mol. The van der Waals surface area contributed by atoms with Gasteiger partial charge in [0.25, 0.3) is 0 Å². The summed E-state index contributed by atoms with van der Waals surface area (Å²) in [5.41, 5.74) is 14.1. The van der Waals surface area contributed by atoms with Crippen LogP contribution in [0.25, 0.3) is 117 Å². The molecule has 0 spiro atoms. The molecular weight excluding hydrogens is 757 g/mol. The van der Waals surface area contributed by atoms with E-state index in [0.29, 0.717) is 17.5 Å². The van der Waals surface area contributed by atoms with Gasteiger partial charge in [0.05, 0.1) is 16.7 Å². The zero-order valence-corrected chi connectivity index (χ0v) is 33.5. The van der Waals surface area contributed by atoms with Crippen LogP contribution < -0.4 is 0 Å². The molecule has 290 valence electrons. The Morgan fingerprint density at radius 1 is 0.323 bits per heavy atom. The van der Waals surface area contributed by atoms with Crippen molar-refractivity contribution in [1.29, 1.82) is 0 Å². The molecule has 5 nitrogen and oxygen atoms in total. The van der Waals surface area contributed by atoms with Crippen molar-refractivity contribution >= 4 is 43.7 Å². The first-order chi connectivity index (χ1) is 30.7. The monoisotopic (exact) mass is 792 g/mol. The molecule has 0 aliphatic heterocycles. The lowest BCUT2D eigenvalue weighted by Gasteiger charge is -2.12. The van der Waals surface area contributed by atoms with Gasteiger partial charge >= 0.3 is 0 Å². The van der Waals surface area contributed by atoms with E-state index in [1.54, 1.807) is 0 Å². The summed E-state index contributed by atoms with van der Waals surface area (Å²) >= 11 is 0. The second kappa shape index (κ2) is 14.7. The van der Waals surface area contributed by atoms with E-state index < -0.39 is 0 Å². The lowest BCUT2D eigenvalue weighted by atomic mass is 9.98. The third-order valence-electron chi connectivity index (χ3n) is 11.8. The van der Waals surface area contributed by atoms with Crippen molar-refractivity contribution in [2.24, 2.45) is 0 Å². The van der Waals surface area contributed by atoms with Crippen molar-refractivity contribution in [2.75, 3.05) is 0 Å². The minimum absolute atomic E-state index is 0.570. The number of para-hydroxylation sites is 2. The maximum Gasteiger partial charge on any atom is 0.164 e. The first-order valence-corrected chi connectivity index (χ1v) is 20.8. The molecule has 5 heteroatoms. The highest BCUT2D eigenvalue weighted by Gasteiger charge is 2.23. The SMILES string of the molecule is c1ccc(-c2cccc(-c3nc(-c4ccccc4)nc(-c4cc(-c5ccccc5)cc5oc6c(-n7c8ccccc8c8cc(-c9ccccc9)ccc87)cccc6c45)n3)c2)cc1. The molecular formula is C57H36N4O. The third kappa shape index (κ3) is 6.06. The first kappa shape index (κ1) is 35.5. The Morgan fingerprint density at radius 3 is 1.55 bits per heavy atom. The van der Waals surface area contributed by atoms with Gasteiger partial charge in [0.2, 0.25) is 0 Å². The van der Waals surface area contributed by atoms with E-state index >= 15 is 0 Å². The van der Waals surface area contributed by atoms with Gasteiger partial charge in [0.1, 0.15) is 5.58 Å². The van der Waals surface area contributed by atoms with E-state index in [1.165, 1.54) is 21.9 Å². The van der Waals surface area contributed by atoms with Crippen LogP contribution in [0.2, 0.25) is 0 Å². The third-order valence-corrected chi connectivity index (χ3v) is 11.8. The average Bonchev–Trinajstić information content (AvgIpc) is 3.90. The molecule has 3 aromatic heterocycles. The molecule has 0 saturated heterocycles. The molecule has 0 bridgehead atoms. The lowest BCUT2D eigenvalue weighted by Crippen LogP contribution is -2.01. The number of benzene rings is 9. The van der Waals surface area contributed by atoms with Gasteiger partial charge in [-0.25, -0.2) is 15.0 Å². The number of hydrogen-bond donors (Lipinski definition) is 0. The standard InChI is InChI=1S/C57H36N4O/c1-5-17-37(18-6-1)41-25-15-26-43(33-41)56-58-55(40-23-11-4-12-24-40)59-57(60-56)48-35-44(39-21-9-3-10-22-39)36-52-53(48)46-28-16-30-51(54(46)62-52)61-49-29-14-13-27-45(49)47-34-42(31-32-50(47)61)38-19-7-2-8-20-38/h1-36H.